The molecule has 10 nitrogen and oxygen atoms in total. The monoisotopic (exact) mass is 448 g/mol. The van der Waals surface area contributed by atoms with Crippen molar-refractivity contribution in [2.75, 3.05) is 25.0 Å². The zero-order valence-electron chi connectivity index (χ0n) is 17.3. The number of nitro groups is 2. The molecular formula is C20H24N4O6S. The van der Waals surface area contributed by atoms with E-state index in [1.54, 1.807) is 24.1 Å². The number of sulfonamides is 1. The summed E-state index contributed by atoms with van der Waals surface area (Å²) in [5.74, 6) is 0.235. The molecule has 1 aliphatic rings. The smallest absolute Gasteiger partial charge is 0.293 e. The maximum Gasteiger partial charge on any atom is 0.293 e. The van der Waals surface area contributed by atoms with E-state index in [0.717, 1.165) is 18.9 Å². The van der Waals surface area contributed by atoms with E-state index in [2.05, 4.69) is 0 Å². The molecule has 11 heteroatoms. The second kappa shape index (κ2) is 8.98. The molecule has 2 aromatic rings. The fourth-order valence-corrected chi connectivity index (χ4v) is 5.39. The molecule has 3 rings (SSSR count). The van der Waals surface area contributed by atoms with Gasteiger partial charge < -0.3 is 4.90 Å². The quantitative estimate of drug-likeness (QED) is 0.468. The molecule has 0 N–H and O–H groups in total. The van der Waals surface area contributed by atoms with Crippen LogP contribution in [0.4, 0.5) is 17.1 Å². The summed E-state index contributed by atoms with van der Waals surface area (Å²) in [5, 5.41) is 22.7. The van der Waals surface area contributed by atoms with E-state index < -0.39 is 19.9 Å². The third-order valence-corrected chi connectivity index (χ3v) is 7.21. The van der Waals surface area contributed by atoms with Crippen LogP contribution in [0.3, 0.4) is 0 Å². The summed E-state index contributed by atoms with van der Waals surface area (Å²) in [6.45, 7) is 2.95. The standard InChI is InChI=1S/C20H24N4O6S/c1-15-5-4-10-22(13-15)31(29,30)18-8-9-19(20(12-18)24(27)28)21(2)14-16-6-3-7-17(11-16)23(25)26/h3,6-9,11-12,15H,4-5,10,13-14H2,1-2H3/t15-/m0/s1. The van der Waals surface area contributed by atoms with Gasteiger partial charge in [-0.25, -0.2) is 8.42 Å². The summed E-state index contributed by atoms with van der Waals surface area (Å²) in [6, 6.07) is 9.88. The lowest BCUT2D eigenvalue weighted by Gasteiger charge is -2.30. The molecule has 1 saturated heterocycles. The fourth-order valence-electron chi connectivity index (χ4n) is 3.77. The highest BCUT2D eigenvalue weighted by atomic mass is 32.2. The molecule has 166 valence electrons. The first-order valence-corrected chi connectivity index (χ1v) is 11.3. The summed E-state index contributed by atoms with van der Waals surface area (Å²) >= 11 is 0. The van der Waals surface area contributed by atoms with E-state index >= 15 is 0 Å². The van der Waals surface area contributed by atoms with E-state index in [-0.39, 0.29) is 34.4 Å². The molecule has 0 saturated carbocycles. The second-order valence-electron chi connectivity index (χ2n) is 7.80. The molecule has 1 aliphatic heterocycles. The average molecular weight is 449 g/mol. The third-order valence-electron chi connectivity index (χ3n) is 5.35. The predicted molar refractivity (Wildman–Crippen MR) is 115 cm³/mol. The minimum absolute atomic E-state index is 0.0717. The largest absolute Gasteiger partial charge is 0.365 e. The molecule has 0 aliphatic carbocycles. The number of benzene rings is 2. The highest BCUT2D eigenvalue weighted by Gasteiger charge is 2.31. The molecule has 31 heavy (non-hydrogen) atoms. The van der Waals surface area contributed by atoms with Crippen LogP contribution >= 0.6 is 0 Å². The molecule has 2 aromatic carbocycles. The summed E-state index contributed by atoms with van der Waals surface area (Å²) in [7, 11) is -2.22. The molecule has 1 atom stereocenters. The van der Waals surface area contributed by atoms with Gasteiger partial charge in [0, 0.05) is 44.9 Å². The molecule has 0 aromatic heterocycles. The van der Waals surface area contributed by atoms with Gasteiger partial charge in [-0.15, -0.1) is 0 Å². The molecule has 0 radical (unpaired) electrons. The van der Waals surface area contributed by atoms with Crippen LogP contribution < -0.4 is 4.90 Å². The van der Waals surface area contributed by atoms with Crippen LogP contribution in [0.1, 0.15) is 25.3 Å². The van der Waals surface area contributed by atoms with Crippen molar-refractivity contribution in [3.05, 3.63) is 68.3 Å². The van der Waals surface area contributed by atoms with Gasteiger partial charge in [-0.05, 0) is 36.5 Å². The Kier molecular flexibility index (Phi) is 6.56. The average Bonchev–Trinajstić information content (AvgIpc) is 2.73. The van der Waals surface area contributed by atoms with Gasteiger partial charge in [-0.1, -0.05) is 19.1 Å². The van der Waals surface area contributed by atoms with Crippen molar-refractivity contribution < 1.29 is 18.3 Å². The number of rotatable bonds is 7. The van der Waals surface area contributed by atoms with Crippen LogP contribution in [0.5, 0.6) is 0 Å². The Bertz CT molecular complexity index is 1100. The topological polar surface area (TPSA) is 127 Å². The summed E-state index contributed by atoms with van der Waals surface area (Å²) in [4.78, 5) is 23.0. The van der Waals surface area contributed by atoms with Gasteiger partial charge in [0.25, 0.3) is 11.4 Å². The van der Waals surface area contributed by atoms with E-state index in [4.69, 9.17) is 0 Å². The van der Waals surface area contributed by atoms with Crippen molar-refractivity contribution in [1.29, 1.82) is 0 Å². The third kappa shape index (κ3) is 5.00. The van der Waals surface area contributed by atoms with Crippen LogP contribution in [0.25, 0.3) is 0 Å². The van der Waals surface area contributed by atoms with Crippen LogP contribution in [0.2, 0.25) is 0 Å². The first kappa shape index (κ1) is 22.6. The lowest BCUT2D eigenvalue weighted by Crippen LogP contribution is -2.39. The number of piperidine rings is 1. The Morgan fingerprint density at radius 1 is 1.13 bits per heavy atom. The summed E-state index contributed by atoms with van der Waals surface area (Å²) < 4.78 is 27.4. The molecule has 1 fully saturated rings. The predicted octanol–water partition coefficient (Wildman–Crippen LogP) is 3.56. The lowest BCUT2D eigenvalue weighted by atomic mass is 10.0. The Balaban J connectivity index is 1.91. The first-order valence-electron chi connectivity index (χ1n) is 9.82. The minimum atomic E-state index is -3.83. The molecule has 1 heterocycles. The maximum absolute atomic E-state index is 13.0. The zero-order valence-corrected chi connectivity index (χ0v) is 18.1. The van der Waals surface area contributed by atoms with Crippen LogP contribution in [0, 0.1) is 26.1 Å². The Morgan fingerprint density at radius 2 is 1.87 bits per heavy atom. The van der Waals surface area contributed by atoms with Gasteiger partial charge in [0.1, 0.15) is 5.69 Å². The zero-order chi connectivity index (χ0) is 22.8. The van der Waals surface area contributed by atoms with Crippen LogP contribution in [0.15, 0.2) is 47.4 Å². The van der Waals surface area contributed by atoms with Gasteiger partial charge in [-0.2, -0.15) is 4.31 Å². The molecule has 0 amide bonds. The Morgan fingerprint density at radius 3 is 2.52 bits per heavy atom. The lowest BCUT2D eigenvalue weighted by molar-refractivity contribution is -0.384. The van der Waals surface area contributed by atoms with Crippen LogP contribution in [-0.2, 0) is 16.6 Å². The highest BCUT2D eigenvalue weighted by Crippen LogP contribution is 2.33. The van der Waals surface area contributed by atoms with Crippen LogP contribution in [-0.4, -0.2) is 42.7 Å². The second-order valence-corrected chi connectivity index (χ2v) is 9.74. The SMILES string of the molecule is C[C@H]1CCCN(S(=O)(=O)c2ccc(N(C)Cc3cccc([N+](=O)[O-])c3)c([N+](=O)[O-])c2)C1. The molecule has 0 spiro atoms. The fraction of sp³-hybridized carbons (Fsp3) is 0.400. The Labute approximate surface area is 180 Å². The number of nitro benzene ring substituents is 2. The van der Waals surface area contributed by atoms with Gasteiger partial charge >= 0.3 is 0 Å². The number of anilines is 1. The van der Waals surface area contributed by atoms with Gasteiger partial charge in [0.15, 0.2) is 0 Å². The Hall–Kier alpha value is -3.05. The number of nitrogens with zero attached hydrogens (tertiary/aromatic N) is 4. The van der Waals surface area contributed by atoms with E-state index in [0.29, 0.717) is 18.7 Å². The van der Waals surface area contributed by atoms with Crippen molar-refractivity contribution in [3.8, 4) is 0 Å². The van der Waals surface area contributed by atoms with Crippen molar-refractivity contribution >= 4 is 27.1 Å². The van der Waals surface area contributed by atoms with Gasteiger partial charge in [0.05, 0.1) is 14.7 Å². The highest BCUT2D eigenvalue weighted by molar-refractivity contribution is 7.89. The van der Waals surface area contributed by atoms with Crippen molar-refractivity contribution in [3.63, 3.8) is 0 Å². The van der Waals surface area contributed by atoms with Gasteiger partial charge in [-0.3, -0.25) is 20.2 Å². The molecule has 0 bridgehead atoms. The first-order chi connectivity index (χ1) is 14.6. The normalized spacial score (nSPS) is 17.3. The summed E-state index contributed by atoms with van der Waals surface area (Å²) in [5.41, 5.74) is 0.420. The van der Waals surface area contributed by atoms with Crippen molar-refractivity contribution in [1.82, 2.24) is 4.31 Å². The molecule has 0 unspecified atom stereocenters. The number of non-ortho nitro benzene ring substituents is 1. The molecular weight excluding hydrogens is 424 g/mol. The van der Waals surface area contributed by atoms with E-state index in [9.17, 15) is 28.6 Å². The van der Waals surface area contributed by atoms with Crippen molar-refractivity contribution in [2.24, 2.45) is 5.92 Å². The number of hydrogen-bond acceptors (Lipinski definition) is 7. The van der Waals surface area contributed by atoms with Crippen molar-refractivity contribution in [2.45, 2.75) is 31.2 Å². The van der Waals surface area contributed by atoms with E-state index in [1.165, 1.54) is 28.6 Å². The summed E-state index contributed by atoms with van der Waals surface area (Å²) in [6.07, 6.45) is 1.71. The minimum Gasteiger partial charge on any atom is -0.365 e. The van der Waals surface area contributed by atoms with Gasteiger partial charge in [0.2, 0.25) is 10.0 Å². The number of hydrogen-bond donors (Lipinski definition) is 0. The maximum atomic E-state index is 13.0. The van der Waals surface area contributed by atoms with E-state index in [1.807, 2.05) is 6.92 Å².